The lowest BCUT2D eigenvalue weighted by Gasteiger charge is -1.97. The third-order valence-electron chi connectivity index (χ3n) is 1.52. The molecule has 1 aromatic rings. The minimum absolute atomic E-state index is 0.0412. The van der Waals surface area contributed by atoms with Crippen LogP contribution in [0.1, 0.15) is 5.56 Å². The molecule has 0 saturated carbocycles. The normalized spacial score (nSPS) is 9.23. The molecule has 0 atom stereocenters. The van der Waals surface area contributed by atoms with E-state index in [9.17, 15) is 13.2 Å². The number of nitrogens with zero attached hydrogens (tertiary/aromatic N) is 1. The molecular formula is C9H7F3N+. The molecule has 0 spiro atoms. The number of hydrogen-bond donors (Lipinski definition) is 0. The fourth-order valence-electron chi connectivity index (χ4n) is 0.863. The summed E-state index contributed by atoms with van der Waals surface area (Å²) in [6.45, 7) is 0. The van der Waals surface area contributed by atoms with Gasteiger partial charge in [0.15, 0.2) is 11.6 Å². The summed E-state index contributed by atoms with van der Waals surface area (Å²) in [4.78, 5) is 3.49. The molecule has 1 nitrogen and oxygen atoms in total. The summed E-state index contributed by atoms with van der Waals surface area (Å²) < 4.78 is 37.9. The van der Waals surface area contributed by atoms with Crippen LogP contribution in [-0.2, 0) is 6.42 Å². The minimum atomic E-state index is -1.19. The van der Waals surface area contributed by atoms with Gasteiger partial charge in [0, 0.05) is 11.6 Å². The first-order chi connectivity index (χ1) is 6.15. The molecule has 13 heavy (non-hydrogen) atoms. The maximum Gasteiger partial charge on any atom is 0.277 e. The highest BCUT2D eigenvalue weighted by Crippen LogP contribution is 2.13. The minimum Gasteiger partial charge on any atom is -0.207 e. The van der Waals surface area contributed by atoms with Crippen LogP contribution in [0, 0.1) is 23.5 Å². The van der Waals surface area contributed by atoms with Crippen LogP contribution in [0.5, 0.6) is 0 Å². The van der Waals surface area contributed by atoms with Crippen molar-refractivity contribution in [3.8, 4) is 6.07 Å². The molecule has 0 aliphatic carbocycles. The van der Waals surface area contributed by atoms with Crippen molar-refractivity contribution in [2.45, 2.75) is 6.42 Å². The van der Waals surface area contributed by atoms with Crippen LogP contribution in [0.3, 0.4) is 0 Å². The van der Waals surface area contributed by atoms with Crippen LogP contribution in [0.15, 0.2) is 12.1 Å². The first kappa shape index (κ1) is 9.59. The van der Waals surface area contributed by atoms with Crippen molar-refractivity contribution >= 4 is 0 Å². The van der Waals surface area contributed by atoms with Gasteiger partial charge in [-0.3, -0.25) is 0 Å². The van der Waals surface area contributed by atoms with Gasteiger partial charge in [0.1, 0.15) is 12.2 Å². The van der Waals surface area contributed by atoms with Crippen molar-refractivity contribution in [3.05, 3.63) is 40.0 Å². The highest BCUT2D eigenvalue weighted by atomic mass is 19.2. The second kappa shape index (κ2) is 3.94. The van der Waals surface area contributed by atoms with E-state index in [0.29, 0.717) is 6.07 Å². The first-order valence-electron chi connectivity index (χ1n) is 3.60. The monoisotopic (exact) mass is 186 g/mol. The van der Waals surface area contributed by atoms with Crippen molar-refractivity contribution in [1.82, 2.24) is 0 Å². The van der Waals surface area contributed by atoms with Crippen molar-refractivity contribution in [3.63, 3.8) is 0 Å². The molecular weight excluding hydrogens is 179 g/mol. The molecule has 0 N–H and O–H groups in total. The highest BCUT2D eigenvalue weighted by Gasteiger charge is 2.09. The van der Waals surface area contributed by atoms with Gasteiger partial charge in [0.25, 0.3) is 13.1 Å². The summed E-state index contributed by atoms with van der Waals surface area (Å²) >= 11 is 0. The zero-order chi connectivity index (χ0) is 9.84. The Bertz CT molecular complexity index is 376. The maximum absolute atomic E-state index is 12.9. The summed E-state index contributed by atoms with van der Waals surface area (Å²) in [5.74, 6) is -3.03. The van der Waals surface area contributed by atoms with E-state index in [0.717, 1.165) is 6.07 Å². The van der Waals surface area contributed by atoms with Crippen LogP contribution in [0.4, 0.5) is 13.2 Å². The van der Waals surface area contributed by atoms with Crippen molar-refractivity contribution in [2.75, 3.05) is 7.05 Å². The Morgan fingerprint density at radius 2 is 1.77 bits per heavy atom. The van der Waals surface area contributed by atoms with E-state index in [2.05, 4.69) is 10.9 Å². The molecule has 0 aliphatic rings. The van der Waals surface area contributed by atoms with Crippen molar-refractivity contribution in [2.24, 2.45) is 0 Å². The Kier molecular flexibility index (Phi) is 2.91. The van der Waals surface area contributed by atoms with Gasteiger partial charge in [-0.05, 0) is 6.07 Å². The number of rotatable bonds is 1. The van der Waals surface area contributed by atoms with Gasteiger partial charge in [-0.25, -0.2) is 13.2 Å². The Labute approximate surface area is 73.6 Å². The third kappa shape index (κ3) is 2.22. The molecule has 0 unspecified atom stereocenters. The number of halogens is 3. The summed E-state index contributed by atoms with van der Waals surface area (Å²) in [5, 5.41) is 0. The molecule has 0 saturated heterocycles. The Balaban J connectivity index is 3.05. The Morgan fingerprint density at radius 1 is 1.15 bits per heavy atom. The highest BCUT2D eigenvalue weighted by molar-refractivity contribution is 5.23. The van der Waals surface area contributed by atoms with E-state index in [1.54, 1.807) is 0 Å². The molecule has 0 radical (unpaired) electrons. The number of benzene rings is 1. The molecule has 0 aliphatic heterocycles. The van der Waals surface area contributed by atoms with Crippen LogP contribution >= 0.6 is 0 Å². The quantitative estimate of drug-likeness (QED) is 0.594. The number of hydrogen-bond acceptors (Lipinski definition) is 0. The molecule has 1 aromatic carbocycles. The summed E-state index contributed by atoms with van der Waals surface area (Å²) in [5.41, 5.74) is 0.0458. The Hall–Kier alpha value is -1.50. The lowest BCUT2D eigenvalue weighted by molar-refractivity contribution is 0.491. The SMILES string of the molecule is C[N+]#CCc1cc(F)c(F)cc1F. The fraction of sp³-hybridized carbons (Fsp3) is 0.222. The van der Waals surface area contributed by atoms with E-state index in [1.165, 1.54) is 7.05 Å². The van der Waals surface area contributed by atoms with Crippen molar-refractivity contribution in [1.29, 1.82) is 0 Å². The molecule has 68 valence electrons. The summed E-state index contributed by atoms with van der Waals surface area (Å²) in [6, 6.07) is 3.77. The fourth-order valence-corrected chi connectivity index (χ4v) is 0.863. The van der Waals surface area contributed by atoms with E-state index in [1.807, 2.05) is 0 Å². The molecule has 0 aromatic heterocycles. The van der Waals surface area contributed by atoms with E-state index in [-0.39, 0.29) is 12.0 Å². The third-order valence-corrected chi connectivity index (χ3v) is 1.52. The zero-order valence-electron chi connectivity index (χ0n) is 6.94. The molecule has 1 rings (SSSR count). The van der Waals surface area contributed by atoms with Crippen molar-refractivity contribution < 1.29 is 13.2 Å². The molecule has 0 amide bonds. The summed E-state index contributed by atoms with van der Waals surface area (Å²) in [6.07, 6.45) is 0.0412. The molecule has 0 bridgehead atoms. The van der Waals surface area contributed by atoms with Gasteiger partial charge >= 0.3 is 0 Å². The lowest BCUT2D eigenvalue weighted by Crippen LogP contribution is -1.93. The predicted octanol–water partition coefficient (Wildman–Crippen LogP) is 2.61. The van der Waals surface area contributed by atoms with Crippen LogP contribution in [-0.4, -0.2) is 7.05 Å². The average Bonchev–Trinajstić information content (AvgIpc) is 2.09. The van der Waals surface area contributed by atoms with Gasteiger partial charge in [-0.1, -0.05) is 4.85 Å². The second-order valence-electron chi connectivity index (χ2n) is 2.42. The largest absolute Gasteiger partial charge is 0.277 e. The first-order valence-corrected chi connectivity index (χ1v) is 3.60. The van der Waals surface area contributed by atoms with Gasteiger partial charge in [-0.2, -0.15) is 0 Å². The van der Waals surface area contributed by atoms with Gasteiger partial charge in [0.05, 0.1) is 0 Å². The second-order valence-corrected chi connectivity index (χ2v) is 2.42. The van der Waals surface area contributed by atoms with Gasteiger partial charge in [-0.15, -0.1) is 0 Å². The standard InChI is InChI=1S/C9H7F3N/c1-13-3-2-6-4-8(11)9(12)5-7(6)10/h4-5H,2H2,1H3/q+1. The Morgan fingerprint density at radius 3 is 2.38 bits per heavy atom. The topological polar surface area (TPSA) is 4.36 Å². The van der Waals surface area contributed by atoms with E-state index >= 15 is 0 Å². The predicted molar refractivity (Wildman–Crippen MR) is 43.2 cm³/mol. The smallest absolute Gasteiger partial charge is 0.207 e. The molecule has 0 fully saturated rings. The molecule has 0 heterocycles. The lowest BCUT2D eigenvalue weighted by atomic mass is 10.1. The average molecular weight is 186 g/mol. The van der Waals surface area contributed by atoms with Crippen LogP contribution < -0.4 is 0 Å². The molecule has 4 heteroatoms. The maximum atomic E-state index is 12.9. The zero-order valence-corrected chi connectivity index (χ0v) is 6.94. The van der Waals surface area contributed by atoms with Gasteiger partial charge < -0.3 is 0 Å². The van der Waals surface area contributed by atoms with E-state index < -0.39 is 17.5 Å². The van der Waals surface area contributed by atoms with Crippen LogP contribution in [0.25, 0.3) is 4.85 Å². The van der Waals surface area contributed by atoms with E-state index in [4.69, 9.17) is 0 Å². The van der Waals surface area contributed by atoms with Gasteiger partial charge in [0.2, 0.25) is 0 Å². The van der Waals surface area contributed by atoms with Crippen LogP contribution in [0.2, 0.25) is 0 Å². The summed E-state index contributed by atoms with van der Waals surface area (Å²) in [7, 11) is 1.47.